The molecule has 1 nitrogen and oxygen atoms in total. The van der Waals surface area contributed by atoms with Gasteiger partial charge in [0.2, 0.25) is 0 Å². The molecule has 0 spiro atoms. The van der Waals surface area contributed by atoms with Crippen molar-refractivity contribution in [2.45, 2.75) is 26.0 Å². The van der Waals surface area contributed by atoms with E-state index >= 15 is 0 Å². The Balaban J connectivity index is 2.52. The Kier molecular flexibility index (Phi) is 6.85. The van der Waals surface area contributed by atoms with Crippen molar-refractivity contribution in [1.82, 2.24) is 0 Å². The Bertz CT molecular complexity index is 432. The van der Waals surface area contributed by atoms with Gasteiger partial charge in [-0.3, -0.25) is 0 Å². The predicted octanol–water partition coefficient (Wildman–Crippen LogP) is 3.42. The van der Waals surface area contributed by atoms with Gasteiger partial charge in [-0.25, -0.2) is 4.39 Å². The molecule has 0 aromatic heterocycles. The van der Waals surface area contributed by atoms with E-state index in [4.69, 9.17) is 5.73 Å². The maximum atomic E-state index is 13.8. The van der Waals surface area contributed by atoms with Crippen LogP contribution in [0.15, 0.2) is 18.2 Å². The molecule has 0 heterocycles. The SMILES string of the molecule is CC(C)CCSCc1ccc(C#CCN)cc1F. The summed E-state index contributed by atoms with van der Waals surface area (Å²) in [5.74, 6) is 7.89. The molecule has 1 aromatic carbocycles. The molecule has 0 radical (unpaired) electrons. The molecule has 3 heteroatoms. The number of benzene rings is 1. The number of hydrogen-bond acceptors (Lipinski definition) is 2. The highest BCUT2D eigenvalue weighted by Crippen LogP contribution is 2.18. The minimum Gasteiger partial charge on any atom is -0.320 e. The van der Waals surface area contributed by atoms with Crippen molar-refractivity contribution in [3.8, 4) is 11.8 Å². The molecule has 0 saturated heterocycles. The van der Waals surface area contributed by atoms with Crippen molar-refractivity contribution in [3.05, 3.63) is 35.1 Å². The third-order valence-corrected chi connectivity index (χ3v) is 3.52. The Labute approximate surface area is 113 Å². The molecular formula is C15H20FNS. The average Bonchev–Trinajstić information content (AvgIpc) is 2.33. The smallest absolute Gasteiger partial charge is 0.128 e. The molecule has 0 aliphatic heterocycles. The van der Waals surface area contributed by atoms with E-state index in [1.54, 1.807) is 11.8 Å². The van der Waals surface area contributed by atoms with Crippen LogP contribution in [0.3, 0.4) is 0 Å². The van der Waals surface area contributed by atoms with Crippen LogP contribution in [0.5, 0.6) is 0 Å². The van der Waals surface area contributed by atoms with Gasteiger partial charge in [0.1, 0.15) is 5.82 Å². The lowest BCUT2D eigenvalue weighted by atomic mass is 10.1. The fraction of sp³-hybridized carbons (Fsp3) is 0.467. The molecule has 0 saturated carbocycles. The molecule has 0 atom stereocenters. The van der Waals surface area contributed by atoms with E-state index in [9.17, 15) is 4.39 Å². The maximum absolute atomic E-state index is 13.8. The molecule has 0 bridgehead atoms. The molecule has 0 aliphatic rings. The van der Waals surface area contributed by atoms with E-state index in [2.05, 4.69) is 25.7 Å². The first-order valence-electron chi connectivity index (χ1n) is 6.18. The van der Waals surface area contributed by atoms with Gasteiger partial charge in [-0.1, -0.05) is 31.8 Å². The van der Waals surface area contributed by atoms with Crippen molar-refractivity contribution in [3.63, 3.8) is 0 Å². The highest BCUT2D eigenvalue weighted by molar-refractivity contribution is 7.98. The zero-order valence-electron chi connectivity index (χ0n) is 11.0. The van der Waals surface area contributed by atoms with E-state index in [0.717, 1.165) is 17.1 Å². The lowest BCUT2D eigenvalue weighted by Crippen LogP contribution is -1.94. The number of rotatable bonds is 5. The summed E-state index contributed by atoms with van der Waals surface area (Å²) in [5, 5.41) is 0. The minimum atomic E-state index is -0.170. The quantitative estimate of drug-likeness (QED) is 0.652. The van der Waals surface area contributed by atoms with Gasteiger partial charge in [0.15, 0.2) is 0 Å². The van der Waals surface area contributed by atoms with E-state index < -0.39 is 0 Å². The first kappa shape index (κ1) is 15.1. The van der Waals surface area contributed by atoms with Crippen LogP contribution in [-0.2, 0) is 5.75 Å². The van der Waals surface area contributed by atoms with Crippen LogP contribution in [0, 0.1) is 23.6 Å². The molecular weight excluding hydrogens is 245 g/mol. The normalized spacial score (nSPS) is 10.3. The monoisotopic (exact) mass is 265 g/mol. The van der Waals surface area contributed by atoms with Crippen molar-refractivity contribution in [2.24, 2.45) is 11.7 Å². The van der Waals surface area contributed by atoms with Crippen LogP contribution in [0.25, 0.3) is 0 Å². The summed E-state index contributed by atoms with van der Waals surface area (Å²) in [6.07, 6.45) is 1.17. The van der Waals surface area contributed by atoms with Crippen LogP contribution in [0.2, 0.25) is 0 Å². The first-order valence-corrected chi connectivity index (χ1v) is 7.34. The summed E-state index contributed by atoms with van der Waals surface area (Å²) in [6.45, 7) is 4.70. The Hall–Kier alpha value is -0.980. The lowest BCUT2D eigenvalue weighted by molar-refractivity contribution is 0.616. The molecule has 0 unspecified atom stereocenters. The van der Waals surface area contributed by atoms with Crippen LogP contribution in [-0.4, -0.2) is 12.3 Å². The summed E-state index contributed by atoms with van der Waals surface area (Å²) in [6, 6.07) is 5.16. The number of thioether (sulfide) groups is 1. The van der Waals surface area contributed by atoms with E-state index in [1.807, 2.05) is 12.1 Å². The first-order chi connectivity index (χ1) is 8.63. The van der Waals surface area contributed by atoms with Gasteiger partial charge in [0.25, 0.3) is 0 Å². The summed E-state index contributed by atoms with van der Waals surface area (Å²) in [7, 11) is 0. The van der Waals surface area contributed by atoms with Crippen molar-refractivity contribution >= 4 is 11.8 Å². The largest absolute Gasteiger partial charge is 0.320 e. The molecule has 18 heavy (non-hydrogen) atoms. The van der Waals surface area contributed by atoms with Gasteiger partial charge in [-0.15, -0.1) is 0 Å². The Morgan fingerprint density at radius 3 is 2.78 bits per heavy atom. The van der Waals surface area contributed by atoms with Gasteiger partial charge in [-0.2, -0.15) is 11.8 Å². The summed E-state index contributed by atoms with van der Waals surface area (Å²) in [4.78, 5) is 0. The van der Waals surface area contributed by atoms with Gasteiger partial charge >= 0.3 is 0 Å². The number of halogens is 1. The average molecular weight is 265 g/mol. The molecule has 98 valence electrons. The van der Waals surface area contributed by atoms with Crippen molar-refractivity contribution in [1.29, 1.82) is 0 Å². The highest BCUT2D eigenvalue weighted by Gasteiger charge is 2.03. The Morgan fingerprint density at radius 1 is 1.39 bits per heavy atom. The number of hydrogen-bond donors (Lipinski definition) is 1. The third-order valence-electron chi connectivity index (χ3n) is 2.48. The molecule has 0 aliphatic carbocycles. The summed E-state index contributed by atoms with van der Waals surface area (Å²) >= 11 is 1.78. The predicted molar refractivity (Wildman–Crippen MR) is 77.9 cm³/mol. The molecule has 0 amide bonds. The second kappa shape index (κ2) is 8.18. The molecule has 1 aromatic rings. The fourth-order valence-electron chi connectivity index (χ4n) is 1.40. The molecule has 1 rings (SSSR count). The van der Waals surface area contributed by atoms with E-state index in [-0.39, 0.29) is 5.82 Å². The highest BCUT2D eigenvalue weighted by atomic mass is 32.2. The third kappa shape index (κ3) is 5.57. The zero-order valence-corrected chi connectivity index (χ0v) is 11.8. The molecule has 0 fully saturated rings. The van der Waals surface area contributed by atoms with Crippen molar-refractivity contribution in [2.75, 3.05) is 12.3 Å². The van der Waals surface area contributed by atoms with Crippen LogP contribution < -0.4 is 5.73 Å². The minimum absolute atomic E-state index is 0.170. The van der Waals surface area contributed by atoms with E-state index in [1.165, 1.54) is 12.5 Å². The van der Waals surface area contributed by atoms with Gasteiger partial charge < -0.3 is 5.73 Å². The van der Waals surface area contributed by atoms with Crippen LogP contribution in [0.1, 0.15) is 31.4 Å². The number of nitrogens with two attached hydrogens (primary N) is 1. The van der Waals surface area contributed by atoms with Crippen molar-refractivity contribution < 1.29 is 4.39 Å². The summed E-state index contributed by atoms with van der Waals surface area (Å²) < 4.78 is 13.8. The van der Waals surface area contributed by atoms with Crippen LogP contribution >= 0.6 is 11.8 Å². The van der Waals surface area contributed by atoms with Crippen LogP contribution in [0.4, 0.5) is 4.39 Å². The Morgan fingerprint density at radius 2 is 2.17 bits per heavy atom. The topological polar surface area (TPSA) is 26.0 Å². The van der Waals surface area contributed by atoms with Gasteiger partial charge in [0, 0.05) is 11.3 Å². The summed E-state index contributed by atoms with van der Waals surface area (Å²) in [5.41, 5.74) is 6.72. The fourth-order valence-corrected chi connectivity index (χ4v) is 2.63. The second-order valence-electron chi connectivity index (χ2n) is 4.55. The standard InChI is InChI=1S/C15H20FNS/c1-12(2)7-9-18-11-14-6-5-13(4-3-8-17)10-15(14)16/h5-6,10,12H,7-9,11,17H2,1-2H3. The van der Waals surface area contributed by atoms with Gasteiger partial charge in [0.05, 0.1) is 6.54 Å². The van der Waals surface area contributed by atoms with E-state index in [0.29, 0.717) is 18.0 Å². The maximum Gasteiger partial charge on any atom is 0.128 e. The lowest BCUT2D eigenvalue weighted by Gasteiger charge is -2.05. The molecule has 2 N–H and O–H groups in total. The zero-order chi connectivity index (χ0) is 13.4. The second-order valence-corrected chi connectivity index (χ2v) is 5.65. The van der Waals surface area contributed by atoms with Gasteiger partial charge in [-0.05, 0) is 35.8 Å².